The zero-order valence-corrected chi connectivity index (χ0v) is 10.5. The summed E-state index contributed by atoms with van der Waals surface area (Å²) in [4.78, 5) is 11.8. The van der Waals surface area contributed by atoms with Crippen molar-refractivity contribution in [3.05, 3.63) is 0 Å². The first-order chi connectivity index (χ1) is 7.69. The van der Waals surface area contributed by atoms with Gasteiger partial charge in [0.05, 0.1) is 15.9 Å². The molecule has 2 rings (SSSR count). The van der Waals surface area contributed by atoms with Gasteiger partial charge in [0, 0.05) is 11.8 Å². The van der Waals surface area contributed by atoms with Crippen LogP contribution in [0.3, 0.4) is 0 Å². The molecule has 0 saturated heterocycles. The second-order valence-corrected chi connectivity index (χ2v) is 6.77. The summed E-state index contributed by atoms with van der Waals surface area (Å²) < 4.78 is 38.2. The summed E-state index contributed by atoms with van der Waals surface area (Å²) in [5.74, 6) is -0.280. The van der Waals surface area contributed by atoms with Crippen molar-refractivity contribution in [2.45, 2.75) is 33.1 Å². The molecule has 0 aromatic carbocycles. The van der Waals surface area contributed by atoms with E-state index in [4.69, 9.17) is 1.41 Å². The van der Waals surface area contributed by atoms with Gasteiger partial charge in [0.1, 0.15) is 5.78 Å². The van der Waals surface area contributed by atoms with Crippen LogP contribution in [0.5, 0.6) is 0 Å². The van der Waals surface area contributed by atoms with E-state index in [1.165, 1.54) is 0 Å². The van der Waals surface area contributed by atoms with Crippen LogP contribution in [0.25, 0.3) is 0 Å². The van der Waals surface area contributed by atoms with Crippen molar-refractivity contribution < 1.29 is 19.2 Å². The fraction of sp³-hybridized carbons (Fsp3) is 0.900. The molecule has 94 valence electrons. The van der Waals surface area contributed by atoms with E-state index in [0.29, 0.717) is 12.8 Å². The number of fused-ring (bicyclic) bond motifs is 2. The first-order valence-electron chi connectivity index (χ1n) is 5.87. The molecule has 5 nitrogen and oxygen atoms in total. The van der Waals surface area contributed by atoms with Crippen molar-refractivity contribution in [2.75, 3.05) is 5.75 Å². The smallest absolute Gasteiger partial charge is 0.342 e. The number of quaternary nitrogens is 1. The van der Waals surface area contributed by atoms with Crippen LogP contribution in [0, 0.1) is 16.7 Å². The third-order valence-electron chi connectivity index (χ3n) is 4.56. The van der Waals surface area contributed by atoms with Gasteiger partial charge in [-0.05, 0) is 24.2 Å². The van der Waals surface area contributed by atoms with Crippen LogP contribution < -0.4 is 6.14 Å². The molecule has 4 N–H and O–H groups in total. The molecule has 0 spiro atoms. The van der Waals surface area contributed by atoms with Gasteiger partial charge in [-0.15, -0.1) is 0 Å². The molecule has 2 aliphatic carbocycles. The van der Waals surface area contributed by atoms with Gasteiger partial charge in [0.15, 0.2) is 0 Å². The second kappa shape index (κ2) is 3.51. The largest absolute Gasteiger partial charge is 0.748 e. The van der Waals surface area contributed by atoms with Gasteiger partial charge in [0.25, 0.3) is 0 Å². The van der Waals surface area contributed by atoms with Crippen LogP contribution in [0.1, 0.15) is 33.1 Å². The fourth-order valence-corrected chi connectivity index (χ4v) is 4.69. The Hall–Kier alpha value is -0.460. The van der Waals surface area contributed by atoms with E-state index < -0.39 is 21.3 Å². The van der Waals surface area contributed by atoms with E-state index in [2.05, 4.69) is 6.14 Å². The van der Waals surface area contributed by atoms with Gasteiger partial charge in [0.2, 0.25) is 0 Å². The Morgan fingerprint density at radius 2 is 2.12 bits per heavy atom. The monoisotopic (exact) mass is 250 g/mol. The highest BCUT2D eigenvalue weighted by Gasteiger charge is 2.64. The minimum absolute atomic E-state index is 0.0248. The zero-order chi connectivity index (χ0) is 13.5. The summed E-state index contributed by atoms with van der Waals surface area (Å²) in [5.41, 5.74) is -1.22. The highest BCUT2D eigenvalue weighted by molar-refractivity contribution is 7.85. The van der Waals surface area contributed by atoms with E-state index in [9.17, 15) is 17.8 Å². The van der Waals surface area contributed by atoms with Crippen LogP contribution in [-0.2, 0) is 14.9 Å². The SMILES string of the molecule is CC1(C)C2CCC1(CS(=O)(=O)[O-])C(=O)C2.[2H][NH3+]. The third-order valence-corrected chi connectivity index (χ3v) is 5.41. The average Bonchev–Trinajstić information content (AvgIpc) is 2.52. The standard InChI is InChI=1S/C10H16O4S.H3N/c1-9(2)7-3-4-10(9,8(11)5-7)6-15(12,13)14;/h7H,3-6H2,1-2H3,(H,12,13,14);1H3/i/hD. The van der Waals surface area contributed by atoms with Crippen LogP contribution in [0.4, 0.5) is 0 Å². The lowest BCUT2D eigenvalue weighted by atomic mass is 9.70. The van der Waals surface area contributed by atoms with Crippen LogP contribution in [0.15, 0.2) is 0 Å². The highest BCUT2D eigenvalue weighted by atomic mass is 32.2. The van der Waals surface area contributed by atoms with E-state index >= 15 is 0 Å². The molecule has 16 heavy (non-hydrogen) atoms. The Morgan fingerprint density at radius 1 is 1.56 bits per heavy atom. The van der Waals surface area contributed by atoms with Gasteiger partial charge >= 0.3 is 1.41 Å². The first-order valence-corrected chi connectivity index (χ1v) is 6.74. The van der Waals surface area contributed by atoms with Crippen LogP contribution in [0.2, 0.25) is 1.41 Å². The normalized spacial score (nSPS) is 36.6. The Labute approximate surface area is 97.4 Å². The number of rotatable bonds is 2. The number of carbonyl (C=O) groups is 1. The molecule has 2 unspecified atom stereocenters. The summed E-state index contributed by atoms with van der Waals surface area (Å²) in [6.45, 7) is 3.83. The Kier molecular flexibility index (Phi) is 2.64. The molecule has 0 amide bonds. The fourth-order valence-electron chi connectivity index (χ4n) is 3.41. The Bertz CT molecular complexity index is 420. The third kappa shape index (κ3) is 1.59. The van der Waals surface area contributed by atoms with Crippen molar-refractivity contribution >= 4 is 15.9 Å². The van der Waals surface area contributed by atoms with E-state index in [1.54, 1.807) is 0 Å². The molecule has 2 fully saturated rings. The molecule has 2 saturated carbocycles. The molecule has 0 heterocycles. The maximum Gasteiger partial charge on any atom is 0.342 e. The molecular formula is C10H19NO4S. The van der Waals surface area contributed by atoms with Crippen molar-refractivity contribution in [1.82, 2.24) is 6.14 Å². The first kappa shape index (κ1) is 12.0. The van der Waals surface area contributed by atoms with Gasteiger partial charge in [-0.25, -0.2) is 8.42 Å². The summed E-state index contributed by atoms with van der Waals surface area (Å²) in [5, 5.41) is 0. The predicted octanol–water partition coefficient (Wildman–Crippen LogP) is 1.30. The number of ketones is 1. The number of hydrogen-bond acceptors (Lipinski definition) is 4. The lowest BCUT2D eigenvalue weighted by Gasteiger charge is -2.37. The second-order valence-electron chi connectivity index (χ2n) is 5.37. The molecule has 0 aromatic heterocycles. The van der Waals surface area contributed by atoms with Crippen LogP contribution >= 0.6 is 0 Å². The molecule has 0 aliphatic heterocycles. The lowest BCUT2D eigenvalue weighted by molar-refractivity contribution is -0.128. The van der Waals surface area contributed by atoms with Crippen molar-refractivity contribution in [3.63, 3.8) is 0 Å². The van der Waals surface area contributed by atoms with Crippen molar-refractivity contribution in [3.8, 4) is 0 Å². The van der Waals surface area contributed by atoms with E-state index in [1.807, 2.05) is 13.8 Å². The summed E-state index contributed by atoms with van der Waals surface area (Å²) in [7, 11) is -4.33. The maximum absolute atomic E-state index is 11.8. The van der Waals surface area contributed by atoms with E-state index in [-0.39, 0.29) is 17.1 Å². The van der Waals surface area contributed by atoms with Crippen molar-refractivity contribution in [2.24, 2.45) is 16.7 Å². The van der Waals surface area contributed by atoms with Crippen LogP contribution in [-0.4, -0.2) is 24.5 Å². The molecule has 0 radical (unpaired) electrons. The summed E-state index contributed by atoms with van der Waals surface area (Å²) >= 11 is 0. The Morgan fingerprint density at radius 3 is 2.44 bits per heavy atom. The van der Waals surface area contributed by atoms with Gasteiger partial charge < -0.3 is 10.7 Å². The maximum atomic E-state index is 11.8. The molecule has 2 aliphatic rings. The quantitative estimate of drug-likeness (QED) is 0.744. The van der Waals surface area contributed by atoms with E-state index in [0.717, 1.165) is 6.42 Å². The topological polar surface area (TPSA) is 111 Å². The number of hydrogen-bond donors (Lipinski definition) is 1. The van der Waals surface area contributed by atoms with Gasteiger partial charge in [-0.3, -0.25) is 4.79 Å². The summed E-state index contributed by atoms with van der Waals surface area (Å²) in [6, 6.07) is 0. The average molecular weight is 250 g/mol. The molecule has 2 atom stereocenters. The molecule has 6 heteroatoms. The number of carbonyl (C=O) groups excluding carboxylic acids is 1. The minimum Gasteiger partial charge on any atom is -0.748 e. The molecule has 2 bridgehead atoms. The molecule has 0 aromatic rings. The highest BCUT2D eigenvalue weighted by Crippen LogP contribution is 2.64. The van der Waals surface area contributed by atoms with Gasteiger partial charge in [-0.1, -0.05) is 13.8 Å². The molecular weight excluding hydrogens is 230 g/mol. The van der Waals surface area contributed by atoms with Crippen molar-refractivity contribution in [1.29, 1.82) is 0 Å². The summed E-state index contributed by atoms with van der Waals surface area (Å²) in [6.07, 6.45) is 4.38. The van der Waals surface area contributed by atoms with Gasteiger partial charge in [-0.2, -0.15) is 0 Å². The number of Topliss-reactive ketones (excluding diaryl/α,β-unsaturated/α-hetero) is 1. The lowest BCUT2D eigenvalue weighted by Crippen LogP contribution is -2.42. The Balaban J connectivity index is 0.000000686. The zero-order valence-electron chi connectivity index (χ0n) is 10.7. The minimum atomic E-state index is -4.33. The predicted molar refractivity (Wildman–Crippen MR) is 59.1 cm³/mol.